The molecule has 0 fully saturated rings. The van der Waals surface area contributed by atoms with Crippen molar-refractivity contribution in [3.05, 3.63) is 39.9 Å². The molecule has 2 N–H and O–H groups in total. The lowest BCUT2D eigenvalue weighted by atomic mass is 10.1. The number of nitro groups is 1. The molecule has 7 nitrogen and oxygen atoms in total. The van der Waals surface area contributed by atoms with Gasteiger partial charge in [0, 0.05) is 24.7 Å². The molecule has 7 heteroatoms. The van der Waals surface area contributed by atoms with Gasteiger partial charge in [-0.3, -0.25) is 14.8 Å². The van der Waals surface area contributed by atoms with E-state index in [1.165, 1.54) is 16.8 Å². The van der Waals surface area contributed by atoms with Crippen LogP contribution in [-0.4, -0.2) is 14.7 Å². The number of hydrogen-bond acceptors (Lipinski definition) is 5. The molecular formula is C11H9N5O2. The van der Waals surface area contributed by atoms with Gasteiger partial charge in [-0.1, -0.05) is 0 Å². The Morgan fingerprint density at radius 1 is 1.44 bits per heavy atom. The Kier molecular flexibility index (Phi) is 2.69. The van der Waals surface area contributed by atoms with Gasteiger partial charge in [0.05, 0.1) is 4.92 Å². The van der Waals surface area contributed by atoms with Crippen molar-refractivity contribution in [2.24, 2.45) is 7.05 Å². The quantitative estimate of drug-likeness (QED) is 0.633. The molecule has 0 unspecified atom stereocenters. The first-order valence-electron chi connectivity index (χ1n) is 5.02. The SMILES string of the molecule is Cn1nc(-c2ccc([N+](=O)[O-])cc2)c(C#N)c1N. The molecule has 0 amide bonds. The molecule has 90 valence electrons. The van der Waals surface area contributed by atoms with Crippen LogP contribution in [0.25, 0.3) is 11.3 Å². The van der Waals surface area contributed by atoms with E-state index in [1.807, 2.05) is 6.07 Å². The first-order chi connectivity index (χ1) is 8.54. The molecule has 0 bridgehead atoms. The highest BCUT2D eigenvalue weighted by molar-refractivity contribution is 5.73. The van der Waals surface area contributed by atoms with Gasteiger partial charge in [-0.25, -0.2) is 0 Å². The van der Waals surface area contributed by atoms with Gasteiger partial charge in [0.15, 0.2) is 0 Å². The number of nitrogens with two attached hydrogens (primary N) is 1. The molecule has 2 aromatic rings. The average molecular weight is 243 g/mol. The summed E-state index contributed by atoms with van der Waals surface area (Å²) in [6, 6.07) is 7.79. The van der Waals surface area contributed by atoms with Crippen molar-refractivity contribution >= 4 is 11.5 Å². The van der Waals surface area contributed by atoms with E-state index in [0.717, 1.165) is 0 Å². The van der Waals surface area contributed by atoms with Crippen LogP contribution >= 0.6 is 0 Å². The third kappa shape index (κ3) is 1.76. The first kappa shape index (κ1) is 11.6. The van der Waals surface area contributed by atoms with Gasteiger partial charge in [0.2, 0.25) is 0 Å². The van der Waals surface area contributed by atoms with E-state index in [9.17, 15) is 10.1 Å². The van der Waals surface area contributed by atoms with Crippen LogP contribution in [0.1, 0.15) is 5.56 Å². The van der Waals surface area contributed by atoms with Crippen molar-refractivity contribution in [3.63, 3.8) is 0 Å². The zero-order valence-electron chi connectivity index (χ0n) is 9.49. The highest BCUT2D eigenvalue weighted by atomic mass is 16.6. The number of aromatic nitrogens is 2. The fourth-order valence-electron chi connectivity index (χ4n) is 1.59. The summed E-state index contributed by atoms with van der Waals surface area (Å²) in [5, 5.41) is 23.7. The van der Waals surface area contributed by atoms with Crippen molar-refractivity contribution in [1.29, 1.82) is 5.26 Å². The average Bonchev–Trinajstić information content (AvgIpc) is 2.65. The van der Waals surface area contributed by atoms with Crippen LogP contribution in [-0.2, 0) is 7.05 Å². The molecule has 2 rings (SSSR count). The van der Waals surface area contributed by atoms with Gasteiger partial charge in [0.1, 0.15) is 23.1 Å². The van der Waals surface area contributed by atoms with Crippen molar-refractivity contribution in [1.82, 2.24) is 9.78 Å². The third-order valence-electron chi connectivity index (χ3n) is 2.55. The zero-order chi connectivity index (χ0) is 13.3. The van der Waals surface area contributed by atoms with Crippen molar-refractivity contribution in [3.8, 4) is 17.3 Å². The molecular weight excluding hydrogens is 234 g/mol. The number of nitro benzene ring substituents is 1. The van der Waals surface area contributed by atoms with Gasteiger partial charge >= 0.3 is 0 Å². The summed E-state index contributed by atoms with van der Waals surface area (Å²) in [6.07, 6.45) is 0. The number of nitrogens with zero attached hydrogens (tertiary/aromatic N) is 4. The summed E-state index contributed by atoms with van der Waals surface area (Å²) in [5.74, 6) is 0.269. The molecule has 0 saturated heterocycles. The number of anilines is 1. The first-order valence-corrected chi connectivity index (χ1v) is 5.02. The molecule has 0 radical (unpaired) electrons. The molecule has 0 aliphatic rings. The molecule has 1 aromatic carbocycles. The topological polar surface area (TPSA) is 111 Å². The van der Waals surface area contributed by atoms with E-state index in [-0.39, 0.29) is 17.1 Å². The molecule has 0 atom stereocenters. The van der Waals surface area contributed by atoms with E-state index in [1.54, 1.807) is 19.2 Å². The minimum absolute atomic E-state index is 0.0128. The second kappa shape index (κ2) is 4.18. The molecule has 0 aliphatic carbocycles. The van der Waals surface area contributed by atoms with Crippen LogP contribution in [0.4, 0.5) is 11.5 Å². The fraction of sp³-hybridized carbons (Fsp3) is 0.0909. The Morgan fingerprint density at radius 3 is 2.56 bits per heavy atom. The van der Waals surface area contributed by atoms with E-state index >= 15 is 0 Å². The normalized spacial score (nSPS) is 10.0. The molecule has 0 saturated carbocycles. The number of non-ortho nitro benzene ring substituents is 1. The van der Waals surface area contributed by atoms with E-state index in [2.05, 4.69) is 5.10 Å². The lowest BCUT2D eigenvalue weighted by Crippen LogP contribution is -1.97. The maximum Gasteiger partial charge on any atom is 0.269 e. The minimum Gasteiger partial charge on any atom is -0.383 e. The molecule has 0 spiro atoms. The highest BCUT2D eigenvalue weighted by Gasteiger charge is 2.16. The Balaban J connectivity index is 2.53. The van der Waals surface area contributed by atoms with Crippen molar-refractivity contribution < 1.29 is 4.92 Å². The number of rotatable bonds is 2. The van der Waals surface area contributed by atoms with Gasteiger partial charge < -0.3 is 5.73 Å². The van der Waals surface area contributed by atoms with Crippen LogP contribution in [0.3, 0.4) is 0 Å². The summed E-state index contributed by atoms with van der Waals surface area (Å²) < 4.78 is 1.40. The Morgan fingerprint density at radius 2 is 2.06 bits per heavy atom. The molecule has 1 heterocycles. The second-order valence-corrected chi connectivity index (χ2v) is 3.65. The Labute approximate surface area is 102 Å². The Bertz CT molecular complexity index is 651. The number of hydrogen-bond donors (Lipinski definition) is 1. The highest BCUT2D eigenvalue weighted by Crippen LogP contribution is 2.27. The number of benzene rings is 1. The fourth-order valence-corrected chi connectivity index (χ4v) is 1.59. The molecule has 1 aromatic heterocycles. The molecule has 18 heavy (non-hydrogen) atoms. The van der Waals surface area contributed by atoms with Gasteiger partial charge in [-0.15, -0.1) is 0 Å². The maximum atomic E-state index is 10.5. The van der Waals surface area contributed by atoms with Crippen molar-refractivity contribution in [2.75, 3.05) is 5.73 Å². The Hall–Kier alpha value is -2.88. The lowest BCUT2D eigenvalue weighted by Gasteiger charge is -1.97. The lowest BCUT2D eigenvalue weighted by molar-refractivity contribution is -0.384. The van der Waals surface area contributed by atoms with Gasteiger partial charge in [-0.05, 0) is 12.1 Å². The number of nitriles is 1. The summed E-state index contributed by atoms with van der Waals surface area (Å²) in [6.45, 7) is 0. The summed E-state index contributed by atoms with van der Waals surface area (Å²) >= 11 is 0. The van der Waals surface area contributed by atoms with Crippen LogP contribution in [0.5, 0.6) is 0 Å². The zero-order valence-corrected chi connectivity index (χ0v) is 9.49. The second-order valence-electron chi connectivity index (χ2n) is 3.65. The van der Waals surface area contributed by atoms with E-state index in [4.69, 9.17) is 11.0 Å². The largest absolute Gasteiger partial charge is 0.383 e. The third-order valence-corrected chi connectivity index (χ3v) is 2.55. The minimum atomic E-state index is -0.484. The monoisotopic (exact) mass is 243 g/mol. The number of nitrogen functional groups attached to an aromatic ring is 1. The predicted molar refractivity (Wildman–Crippen MR) is 64.4 cm³/mol. The van der Waals surface area contributed by atoms with Crippen LogP contribution in [0, 0.1) is 21.4 Å². The van der Waals surface area contributed by atoms with E-state index < -0.39 is 4.92 Å². The molecule has 0 aliphatic heterocycles. The van der Waals surface area contributed by atoms with Gasteiger partial charge in [-0.2, -0.15) is 10.4 Å². The van der Waals surface area contributed by atoms with Crippen LogP contribution < -0.4 is 5.73 Å². The van der Waals surface area contributed by atoms with Gasteiger partial charge in [0.25, 0.3) is 5.69 Å². The number of aryl methyl sites for hydroxylation is 1. The standard InChI is InChI=1S/C11H9N5O2/c1-15-11(13)9(6-12)10(14-15)7-2-4-8(5-3-7)16(17)18/h2-5H,13H2,1H3. The van der Waals surface area contributed by atoms with E-state index in [0.29, 0.717) is 11.3 Å². The smallest absolute Gasteiger partial charge is 0.269 e. The van der Waals surface area contributed by atoms with Crippen LogP contribution in [0.15, 0.2) is 24.3 Å². The summed E-state index contributed by atoms with van der Waals surface area (Å²) in [5.41, 5.74) is 6.99. The predicted octanol–water partition coefficient (Wildman–Crippen LogP) is 1.45. The summed E-state index contributed by atoms with van der Waals surface area (Å²) in [7, 11) is 1.63. The van der Waals surface area contributed by atoms with Crippen LogP contribution in [0.2, 0.25) is 0 Å². The van der Waals surface area contributed by atoms with Crippen molar-refractivity contribution in [2.45, 2.75) is 0 Å². The summed E-state index contributed by atoms with van der Waals surface area (Å²) in [4.78, 5) is 10.1. The maximum absolute atomic E-state index is 10.5.